The van der Waals surface area contributed by atoms with Crippen molar-refractivity contribution in [3.63, 3.8) is 0 Å². The van der Waals surface area contributed by atoms with Crippen LogP contribution in [0.15, 0.2) is 24.7 Å². The van der Waals surface area contributed by atoms with Crippen LogP contribution >= 0.6 is 0 Å². The molecule has 5 N–H and O–H groups in total. The van der Waals surface area contributed by atoms with E-state index in [9.17, 15) is 0 Å². The molecule has 1 aliphatic heterocycles. The average molecular weight is 170 g/mol. The number of hydrogen-bond acceptors (Lipinski definition) is 4. The number of nitrogens with one attached hydrogen (secondary N) is 3. The summed E-state index contributed by atoms with van der Waals surface area (Å²) in [6.07, 6.45) is 3.23. The van der Waals surface area contributed by atoms with Gasteiger partial charge in [-0.2, -0.15) is 0 Å². The van der Waals surface area contributed by atoms with Crippen molar-refractivity contribution < 1.29 is 0 Å². The highest BCUT2D eigenvalue weighted by Gasteiger charge is 1.99. The standard InChI is InChI=1S/C6H13N3.C2H5N/c1-7-4-6-5-8-2-3-9-6;1-2-3/h4,7-9H,2-3,5H2,1H3;2H,1,3H2/b6-4-;. The molecular weight excluding hydrogens is 152 g/mol. The molecule has 0 unspecified atom stereocenters. The van der Waals surface area contributed by atoms with Gasteiger partial charge in [-0.05, 0) is 6.20 Å². The van der Waals surface area contributed by atoms with Gasteiger partial charge in [0.25, 0.3) is 0 Å². The van der Waals surface area contributed by atoms with Gasteiger partial charge in [0.05, 0.1) is 0 Å². The van der Waals surface area contributed by atoms with E-state index in [4.69, 9.17) is 0 Å². The molecule has 0 aromatic rings. The number of rotatable bonds is 1. The number of hydrogen-bond donors (Lipinski definition) is 4. The first-order chi connectivity index (χ1) is 5.85. The molecule has 1 saturated heterocycles. The van der Waals surface area contributed by atoms with Crippen LogP contribution in [-0.2, 0) is 0 Å². The van der Waals surface area contributed by atoms with E-state index in [1.54, 1.807) is 0 Å². The molecule has 0 saturated carbocycles. The summed E-state index contributed by atoms with van der Waals surface area (Å²) in [5, 5.41) is 9.48. The lowest BCUT2D eigenvalue weighted by molar-refractivity contribution is 0.594. The molecule has 0 amide bonds. The zero-order chi connectivity index (χ0) is 9.23. The molecule has 0 aromatic heterocycles. The smallest absolute Gasteiger partial charge is 0.0407 e. The Labute approximate surface area is 73.9 Å². The lowest BCUT2D eigenvalue weighted by atomic mass is 10.3. The van der Waals surface area contributed by atoms with E-state index >= 15 is 0 Å². The monoisotopic (exact) mass is 170 g/mol. The SMILES string of the molecule is C=CN.CN/C=C1/CNCCN1. The van der Waals surface area contributed by atoms with Gasteiger partial charge < -0.3 is 21.7 Å². The molecule has 0 aliphatic carbocycles. The van der Waals surface area contributed by atoms with Crippen molar-refractivity contribution in [1.82, 2.24) is 16.0 Å². The van der Waals surface area contributed by atoms with Gasteiger partial charge in [0.2, 0.25) is 0 Å². The van der Waals surface area contributed by atoms with Crippen molar-refractivity contribution in [2.75, 3.05) is 26.7 Å². The summed E-state index contributed by atoms with van der Waals surface area (Å²) in [5.41, 5.74) is 5.85. The zero-order valence-electron chi connectivity index (χ0n) is 7.56. The Morgan fingerprint density at radius 1 is 1.58 bits per heavy atom. The van der Waals surface area contributed by atoms with E-state index in [1.807, 2.05) is 13.2 Å². The van der Waals surface area contributed by atoms with Gasteiger partial charge in [-0.15, -0.1) is 0 Å². The Balaban J connectivity index is 0.000000354. The van der Waals surface area contributed by atoms with Gasteiger partial charge in [0, 0.05) is 38.6 Å². The molecule has 0 radical (unpaired) electrons. The van der Waals surface area contributed by atoms with E-state index in [1.165, 1.54) is 11.9 Å². The largest absolute Gasteiger partial charge is 0.405 e. The van der Waals surface area contributed by atoms with E-state index in [-0.39, 0.29) is 0 Å². The van der Waals surface area contributed by atoms with Gasteiger partial charge in [-0.1, -0.05) is 6.58 Å². The van der Waals surface area contributed by atoms with Crippen LogP contribution in [0.25, 0.3) is 0 Å². The fourth-order valence-corrected chi connectivity index (χ4v) is 0.873. The third-order valence-corrected chi connectivity index (χ3v) is 1.29. The van der Waals surface area contributed by atoms with Gasteiger partial charge in [0.15, 0.2) is 0 Å². The third kappa shape index (κ3) is 5.61. The maximum atomic E-state index is 4.61. The summed E-state index contributed by atoms with van der Waals surface area (Å²) in [6.45, 7) is 6.20. The third-order valence-electron chi connectivity index (χ3n) is 1.29. The van der Waals surface area contributed by atoms with Crippen molar-refractivity contribution in [3.8, 4) is 0 Å². The van der Waals surface area contributed by atoms with E-state index < -0.39 is 0 Å². The first-order valence-corrected chi connectivity index (χ1v) is 3.98. The van der Waals surface area contributed by atoms with Crippen LogP contribution in [0.2, 0.25) is 0 Å². The summed E-state index contributed by atoms with van der Waals surface area (Å²) < 4.78 is 0. The molecule has 1 rings (SSSR count). The van der Waals surface area contributed by atoms with Crippen molar-refractivity contribution in [1.29, 1.82) is 0 Å². The molecule has 4 nitrogen and oxygen atoms in total. The molecule has 1 fully saturated rings. The van der Waals surface area contributed by atoms with Crippen LogP contribution in [0.4, 0.5) is 0 Å². The maximum Gasteiger partial charge on any atom is 0.0407 e. The highest BCUT2D eigenvalue weighted by Crippen LogP contribution is 1.86. The Bertz CT molecular complexity index is 134. The average Bonchev–Trinajstić information content (AvgIpc) is 2.08. The Morgan fingerprint density at radius 2 is 2.25 bits per heavy atom. The fraction of sp³-hybridized carbons (Fsp3) is 0.500. The highest BCUT2D eigenvalue weighted by atomic mass is 15.0. The Morgan fingerprint density at radius 3 is 2.67 bits per heavy atom. The van der Waals surface area contributed by atoms with Crippen molar-refractivity contribution in [2.24, 2.45) is 5.73 Å². The van der Waals surface area contributed by atoms with Crippen LogP contribution in [0.5, 0.6) is 0 Å². The van der Waals surface area contributed by atoms with Crippen LogP contribution < -0.4 is 21.7 Å². The second-order valence-corrected chi connectivity index (χ2v) is 2.30. The van der Waals surface area contributed by atoms with Gasteiger partial charge in [-0.3, -0.25) is 0 Å². The lowest BCUT2D eigenvalue weighted by Gasteiger charge is -2.17. The minimum Gasteiger partial charge on any atom is -0.405 e. The fourth-order valence-electron chi connectivity index (χ4n) is 0.873. The molecule has 0 spiro atoms. The predicted octanol–water partition coefficient (Wildman–Crippen LogP) is -0.671. The summed E-state index contributed by atoms with van der Waals surface area (Å²) in [6, 6.07) is 0. The first kappa shape index (κ1) is 10.8. The maximum absolute atomic E-state index is 4.61. The topological polar surface area (TPSA) is 62.1 Å². The van der Waals surface area contributed by atoms with Crippen LogP contribution in [-0.4, -0.2) is 26.7 Å². The summed E-state index contributed by atoms with van der Waals surface area (Å²) in [5.74, 6) is 0. The summed E-state index contributed by atoms with van der Waals surface area (Å²) in [4.78, 5) is 0. The normalized spacial score (nSPS) is 18.6. The van der Waals surface area contributed by atoms with E-state index in [2.05, 4.69) is 28.3 Å². The van der Waals surface area contributed by atoms with Crippen LogP contribution in [0.1, 0.15) is 0 Å². The Hall–Kier alpha value is -1.16. The molecule has 1 heterocycles. The van der Waals surface area contributed by atoms with Gasteiger partial charge in [-0.25, -0.2) is 0 Å². The van der Waals surface area contributed by atoms with Gasteiger partial charge in [0.1, 0.15) is 0 Å². The number of nitrogens with two attached hydrogens (primary N) is 1. The number of piperazine rings is 1. The van der Waals surface area contributed by atoms with E-state index in [0.717, 1.165) is 19.6 Å². The second kappa shape index (κ2) is 7.94. The van der Waals surface area contributed by atoms with Crippen LogP contribution in [0.3, 0.4) is 0 Å². The molecule has 70 valence electrons. The first-order valence-electron chi connectivity index (χ1n) is 3.98. The predicted molar refractivity (Wildman–Crippen MR) is 52.4 cm³/mol. The molecule has 12 heavy (non-hydrogen) atoms. The zero-order valence-corrected chi connectivity index (χ0v) is 7.56. The summed E-state index contributed by atoms with van der Waals surface area (Å²) in [7, 11) is 1.91. The van der Waals surface area contributed by atoms with Gasteiger partial charge >= 0.3 is 0 Å². The molecule has 1 aliphatic rings. The highest BCUT2D eigenvalue weighted by molar-refractivity contribution is 5.02. The molecule has 0 atom stereocenters. The van der Waals surface area contributed by atoms with Crippen LogP contribution in [0, 0.1) is 0 Å². The second-order valence-electron chi connectivity index (χ2n) is 2.30. The minimum atomic E-state index is 0.959. The molecule has 0 aromatic carbocycles. The van der Waals surface area contributed by atoms with Crippen molar-refractivity contribution in [2.45, 2.75) is 0 Å². The summed E-state index contributed by atoms with van der Waals surface area (Å²) >= 11 is 0. The lowest BCUT2D eigenvalue weighted by Crippen LogP contribution is -2.38. The molecule has 0 bridgehead atoms. The van der Waals surface area contributed by atoms with E-state index in [0.29, 0.717) is 0 Å². The quantitative estimate of drug-likeness (QED) is 0.421. The molecular formula is C8H18N4. The Kier molecular flexibility index (Phi) is 7.17. The minimum absolute atomic E-state index is 0.959. The van der Waals surface area contributed by atoms with Crippen molar-refractivity contribution >= 4 is 0 Å². The van der Waals surface area contributed by atoms with Crippen molar-refractivity contribution in [3.05, 3.63) is 24.7 Å². The molecule has 4 heteroatoms.